The van der Waals surface area contributed by atoms with Crippen LogP contribution in [0.15, 0.2) is 34.9 Å². The van der Waals surface area contributed by atoms with Gasteiger partial charge in [0.2, 0.25) is 0 Å². The normalized spacial score (nSPS) is 20.8. The Bertz CT molecular complexity index is 655. The predicted octanol–water partition coefficient (Wildman–Crippen LogP) is 4.52. The fraction of sp³-hybridized carbons (Fsp3) is 0.412. The molecule has 20 heavy (non-hydrogen) atoms. The molecule has 0 bridgehead atoms. The SMILES string of the molecule is Cc1cc(-n2ccc3c2CC(C)(C)CC3N)ccc1Br. The van der Waals surface area contributed by atoms with Crippen LogP contribution in [0.5, 0.6) is 0 Å². The van der Waals surface area contributed by atoms with Crippen LogP contribution in [-0.4, -0.2) is 4.57 Å². The number of aryl methyl sites for hydroxylation is 1. The van der Waals surface area contributed by atoms with Gasteiger partial charge in [0, 0.05) is 28.1 Å². The van der Waals surface area contributed by atoms with Crippen molar-refractivity contribution < 1.29 is 0 Å². The van der Waals surface area contributed by atoms with Crippen molar-refractivity contribution >= 4 is 15.9 Å². The van der Waals surface area contributed by atoms with E-state index >= 15 is 0 Å². The minimum absolute atomic E-state index is 0.159. The Morgan fingerprint density at radius 3 is 2.75 bits per heavy atom. The average molecular weight is 333 g/mol. The van der Waals surface area contributed by atoms with E-state index in [-0.39, 0.29) is 11.5 Å². The lowest BCUT2D eigenvalue weighted by Crippen LogP contribution is -2.30. The molecule has 1 aliphatic carbocycles. The maximum absolute atomic E-state index is 6.35. The van der Waals surface area contributed by atoms with Crippen LogP contribution < -0.4 is 5.73 Å². The zero-order valence-electron chi connectivity index (χ0n) is 12.3. The molecule has 0 fully saturated rings. The van der Waals surface area contributed by atoms with Crippen molar-refractivity contribution in [1.82, 2.24) is 4.57 Å². The van der Waals surface area contributed by atoms with Crippen LogP contribution in [0.1, 0.15) is 43.1 Å². The molecule has 1 unspecified atom stereocenters. The molecular formula is C17H21BrN2. The smallest absolute Gasteiger partial charge is 0.0455 e. The van der Waals surface area contributed by atoms with E-state index in [1.807, 2.05) is 0 Å². The molecule has 0 amide bonds. The van der Waals surface area contributed by atoms with Gasteiger partial charge in [-0.15, -0.1) is 0 Å². The first-order chi connectivity index (χ1) is 9.37. The van der Waals surface area contributed by atoms with Crippen LogP contribution >= 0.6 is 15.9 Å². The molecule has 2 N–H and O–H groups in total. The van der Waals surface area contributed by atoms with Crippen LogP contribution in [0.2, 0.25) is 0 Å². The van der Waals surface area contributed by atoms with Crippen LogP contribution in [-0.2, 0) is 6.42 Å². The number of fused-ring (bicyclic) bond motifs is 1. The predicted molar refractivity (Wildman–Crippen MR) is 87.2 cm³/mol. The van der Waals surface area contributed by atoms with Crippen LogP contribution in [0.3, 0.4) is 0 Å². The lowest BCUT2D eigenvalue weighted by molar-refractivity contribution is 0.278. The van der Waals surface area contributed by atoms with E-state index < -0.39 is 0 Å². The second-order valence-corrected chi connectivity index (χ2v) is 7.53. The van der Waals surface area contributed by atoms with Crippen molar-refractivity contribution in [3.63, 3.8) is 0 Å². The molecule has 1 heterocycles. The Hall–Kier alpha value is -1.06. The van der Waals surface area contributed by atoms with Crippen molar-refractivity contribution in [2.24, 2.45) is 11.1 Å². The standard InChI is InChI=1S/C17H21BrN2/c1-11-8-12(4-5-14(11)18)20-7-6-13-15(19)9-17(2,3)10-16(13)20/h4-8,15H,9-10,19H2,1-3H3. The van der Waals surface area contributed by atoms with E-state index in [1.54, 1.807) is 0 Å². The van der Waals surface area contributed by atoms with Gasteiger partial charge >= 0.3 is 0 Å². The summed E-state index contributed by atoms with van der Waals surface area (Å²) in [5, 5.41) is 0. The first-order valence-electron chi connectivity index (χ1n) is 7.10. The largest absolute Gasteiger partial charge is 0.324 e. The fourth-order valence-electron chi connectivity index (χ4n) is 3.26. The fourth-order valence-corrected chi connectivity index (χ4v) is 3.50. The quantitative estimate of drug-likeness (QED) is 0.817. The Morgan fingerprint density at radius 2 is 2.05 bits per heavy atom. The van der Waals surface area contributed by atoms with Gasteiger partial charge in [0.05, 0.1) is 0 Å². The van der Waals surface area contributed by atoms with Crippen LogP contribution in [0, 0.1) is 12.3 Å². The number of nitrogens with zero attached hydrogens (tertiary/aromatic N) is 1. The van der Waals surface area contributed by atoms with Crippen molar-refractivity contribution in [3.05, 3.63) is 51.8 Å². The molecule has 3 heteroatoms. The minimum atomic E-state index is 0.159. The molecule has 0 spiro atoms. The number of aromatic nitrogens is 1. The topological polar surface area (TPSA) is 30.9 Å². The molecule has 106 valence electrons. The molecule has 1 aliphatic rings. The number of rotatable bonds is 1. The molecule has 0 saturated heterocycles. The molecule has 1 aromatic carbocycles. The third-order valence-electron chi connectivity index (χ3n) is 4.26. The molecule has 1 aromatic heterocycles. The maximum atomic E-state index is 6.35. The first kappa shape index (κ1) is 13.9. The second kappa shape index (κ2) is 4.74. The van der Waals surface area contributed by atoms with E-state index in [0.29, 0.717) is 0 Å². The molecule has 0 saturated carbocycles. The molecule has 2 aromatic rings. The van der Waals surface area contributed by atoms with Crippen molar-refractivity contribution in [2.45, 2.75) is 39.7 Å². The van der Waals surface area contributed by atoms with Crippen LogP contribution in [0.4, 0.5) is 0 Å². The number of hydrogen-bond donors (Lipinski definition) is 1. The van der Waals surface area contributed by atoms with Gasteiger partial charge in [-0.2, -0.15) is 0 Å². The highest BCUT2D eigenvalue weighted by molar-refractivity contribution is 9.10. The zero-order valence-corrected chi connectivity index (χ0v) is 13.9. The van der Waals surface area contributed by atoms with E-state index in [1.165, 1.54) is 22.5 Å². The summed E-state index contributed by atoms with van der Waals surface area (Å²) in [5.41, 5.74) is 11.8. The maximum Gasteiger partial charge on any atom is 0.0455 e. The van der Waals surface area contributed by atoms with E-state index in [2.05, 4.69) is 71.7 Å². The second-order valence-electron chi connectivity index (χ2n) is 6.67. The summed E-state index contributed by atoms with van der Waals surface area (Å²) in [6.07, 6.45) is 4.30. The summed E-state index contributed by atoms with van der Waals surface area (Å²) in [6.45, 7) is 6.74. The Morgan fingerprint density at radius 1 is 1.30 bits per heavy atom. The van der Waals surface area contributed by atoms with E-state index in [9.17, 15) is 0 Å². The third-order valence-corrected chi connectivity index (χ3v) is 5.15. The third kappa shape index (κ3) is 2.33. The van der Waals surface area contributed by atoms with Crippen LogP contribution in [0.25, 0.3) is 5.69 Å². The van der Waals surface area contributed by atoms with Gasteiger partial charge in [-0.1, -0.05) is 29.8 Å². The number of nitrogens with two attached hydrogens (primary N) is 1. The summed E-state index contributed by atoms with van der Waals surface area (Å²) in [5.74, 6) is 0. The highest BCUT2D eigenvalue weighted by Crippen LogP contribution is 2.40. The number of hydrogen-bond acceptors (Lipinski definition) is 1. The molecule has 1 atom stereocenters. The summed E-state index contributed by atoms with van der Waals surface area (Å²) < 4.78 is 3.45. The molecule has 3 rings (SSSR count). The van der Waals surface area contributed by atoms with Crippen molar-refractivity contribution in [2.75, 3.05) is 0 Å². The van der Waals surface area contributed by atoms with Gasteiger partial charge in [0.1, 0.15) is 0 Å². The lowest BCUT2D eigenvalue weighted by Gasteiger charge is -2.34. The summed E-state index contributed by atoms with van der Waals surface area (Å²) in [4.78, 5) is 0. The minimum Gasteiger partial charge on any atom is -0.324 e. The Kier molecular flexibility index (Phi) is 3.30. The van der Waals surface area contributed by atoms with E-state index in [4.69, 9.17) is 5.73 Å². The van der Waals surface area contributed by atoms with Gasteiger partial charge in [0.15, 0.2) is 0 Å². The highest BCUT2D eigenvalue weighted by atomic mass is 79.9. The van der Waals surface area contributed by atoms with Crippen molar-refractivity contribution in [3.8, 4) is 5.69 Å². The van der Waals surface area contributed by atoms with Gasteiger partial charge in [-0.05, 0) is 60.6 Å². The Labute approximate surface area is 129 Å². The van der Waals surface area contributed by atoms with Gasteiger partial charge < -0.3 is 10.3 Å². The summed E-state index contributed by atoms with van der Waals surface area (Å²) in [6, 6.07) is 8.84. The number of halogens is 1. The summed E-state index contributed by atoms with van der Waals surface area (Å²) >= 11 is 3.57. The molecule has 0 aliphatic heterocycles. The Balaban J connectivity index is 2.10. The first-order valence-corrected chi connectivity index (χ1v) is 7.89. The number of benzene rings is 1. The monoisotopic (exact) mass is 332 g/mol. The highest BCUT2D eigenvalue weighted by Gasteiger charge is 2.32. The molecular weight excluding hydrogens is 312 g/mol. The van der Waals surface area contributed by atoms with Gasteiger partial charge in [-0.3, -0.25) is 0 Å². The summed E-state index contributed by atoms with van der Waals surface area (Å²) in [7, 11) is 0. The zero-order chi connectivity index (χ0) is 14.5. The molecule has 2 nitrogen and oxygen atoms in total. The van der Waals surface area contributed by atoms with Crippen molar-refractivity contribution in [1.29, 1.82) is 0 Å². The van der Waals surface area contributed by atoms with Gasteiger partial charge in [-0.25, -0.2) is 0 Å². The average Bonchev–Trinajstić information content (AvgIpc) is 2.75. The van der Waals surface area contributed by atoms with Gasteiger partial charge in [0.25, 0.3) is 0 Å². The molecule has 0 radical (unpaired) electrons. The van der Waals surface area contributed by atoms with E-state index in [0.717, 1.165) is 17.3 Å². The lowest BCUT2D eigenvalue weighted by atomic mass is 9.74.